The predicted octanol–water partition coefficient (Wildman–Crippen LogP) is 2.51. The van der Waals surface area contributed by atoms with Crippen molar-refractivity contribution in [3.8, 4) is 0 Å². The quantitative estimate of drug-likeness (QED) is 0.809. The monoisotopic (exact) mass is 209 g/mol. The zero-order chi connectivity index (χ0) is 11.5. The van der Waals surface area contributed by atoms with Crippen molar-refractivity contribution < 1.29 is 0 Å². The van der Waals surface area contributed by atoms with Crippen LogP contribution in [0.1, 0.15) is 46.2 Å². The van der Waals surface area contributed by atoms with E-state index >= 15 is 0 Å². The van der Waals surface area contributed by atoms with E-state index in [1.54, 1.807) is 0 Å². The van der Waals surface area contributed by atoms with Crippen LogP contribution in [-0.4, -0.2) is 9.55 Å². The number of nitrogens with zero attached hydrogens (tertiary/aromatic N) is 2. The molecule has 1 heterocycles. The van der Waals surface area contributed by atoms with E-state index < -0.39 is 0 Å². The van der Waals surface area contributed by atoms with Crippen LogP contribution in [0.5, 0.6) is 0 Å². The van der Waals surface area contributed by atoms with Crippen LogP contribution in [0.2, 0.25) is 0 Å². The highest BCUT2D eigenvalue weighted by molar-refractivity contribution is 5.09. The van der Waals surface area contributed by atoms with Crippen LogP contribution in [0, 0.1) is 5.92 Å². The Morgan fingerprint density at radius 1 is 1.40 bits per heavy atom. The highest BCUT2D eigenvalue weighted by Gasteiger charge is 2.19. The summed E-state index contributed by atoms with van der Waals surface area (Å²) in [7, 11) is 0. The van der Waals surface area contributed by atoms with Crippen molar-refractivity contribution in [3.63, 3.8) is 0 Å². The number of hydrogen-bond acceptors (Lipinski definition) is 2. The van der Waals surface area contributed by atoms with Gasteiger partial charge >= 0.3 is 0 Å². The number of rotatable bonds is 5. The average Bonchev–Trinajstić information content (AvgIpc) is 2.61. The fraction of sp³-hybridized carbons (Fsp3) is 0.750. The van der Waals surface area contributed by atoms with Gasteiger partial charge in [0.25, 0.3) is 0 Å². The van der Waals surface area contributed by atoms with E-state index in [4.69, 9.17) is 5.73 Å². The summed E-state index contributed by atoms with van der Waals surface area (Å²) in [6.07, 6.45) is 6.18. The maximum atomic E-state index is 6.10. The molecule has 0 saturated carbocycles. The Morgan fingerprint density at radius 2 is 2.00 bits per heavy atom. The van der Waals surface area contributed by atoms with Crippen molar-refractivity contribution in [3.05, 3.63) is 18.2 Å². The highest BCUT2D eigenvalue weighted by atomic mass is 15.1. The Bertz CT molecular complexity index is 292. The smallest absolute Gasteiger partial charge is 0.0948 e. The van der Waals surface area contributed by atoms with Gasteiger partial charge in [0.2, 0.25) is 0 Å². The SMILES string of the molecule is CCC(CC)Cn1cncc1C(C)(C)N. The van der Waals surface area contributed by atoms with Gasteiger partial charge in [-0.3, -0.25) is 0 Å². The molecule has 0 aliphatic rings. The third-order valence-electron chi connectivity index (χ3n) is 2.98. The Kier molecular flexibility index (Phi) is 3.91. The van der Waals surface area contributed by atoms with Crippen LogP contribution >= 0.6 is 0 Å². The summed E-state index contributed by atoms with van der Waals surface area (Å²) in [5, 5.41) is 0. The molecular formula is C12H23N3. The molecule has 0 aliphatic heterocycles. The summed E-state index contributed by atoms with van der Waals surface area (Å²) in [4.78, 5) is 4.19. The van der Waals surface area contributed by atoms with Gasteiger partial charge in [0.1, 0.15) is 0 Å². The van der Waals surface area contributed by atoms with Crippen LogP contribution in [0.25, 0.3) is 0 Å². The lowest BCUT2D eigenvalue weighted by Crippen LogP contribution is -2.32. The molecule has 15 heavy (non-hydrogen) atoms. The largest absolute Gasteiger partial charge is 0.333 e. The molecule has 0 spiro atoms. The highest BCUT2D eigenvalue weighted by Crippen LogP contribution is 2.19. The summed E-state index contributed by atoms with van der Waals surface area (Å²) in [5.41, 5.74) is 6.92. The second-order valence-electron chi connectivity index (χ2n) is 4.84. The Morgan fingerprint density at radius 3 is 2.47 bits per heavy atom. The average molecular weight is 209 g/mol. The minimum Gasteiger partial charge on any atom is -0.333 e. The molecular weight excluding hydrogens is 186 g/mol. The van der Waals surface area contributed by atoms with Crippen molar-refractivity contribution in [1.82, 2.24) is 9.55 Å². The molecule has 0 amide bonds. The minimum atomic E-state index is -0.303. The molecule has 86 valence electrons. The second kappa shape index (κ2) is 4.79. The van der Waals surface area contributed by atoms with Gasteiger partial charge in [-0.25, -0.2) is 4.98 Å². The lowest BCUT2D eigenvalue weighted by atomic mass is 10.0. The first-order chi connectivity index (χ1) is 6.99. The van der Waals surface area contributed by atoms with Crippen LogP contribution in [0.15, 0.2) is 12.5 Å². The zero-order valence-electron chi connectivity index (χ0n) is 10.3. The van der Waals surface area contributed by atoms with E-state index in [1.165, 1.54) is 12.8 Å². The predicted molar refractivity (Wildman–Crippen MR) is 63.5 cm³/mol. The lowest BCUT2D eigenvalue weighted by molar-refractivity contribution is 0.391. The normalized spacial score (nSPS) is 12.4. The molecule has 1 rings (SSSR count). The van der Waals surface area contributed by atoms with Gasteiger partial charge in [0.05, 0.1) is 17.6 Å². The summed E-state index contributed by atoms with van der Waals surface area (Å²) < 4.78 is 2.19. The molecule has 1 aromatic rings. The first-order valence-electron chi connectivity index (χ1n) is 5.78. The molecule has 0 fully saturated rings. The van der Waals surface area contributed by atoms with Crippen LogP contribution in [0.4, 0.5) is 0 Å². The maximum Gasteiger partial charge on any atom is 0.0948 e. The fourth-order valence-corrected chi connectivity index (χ4v) is 1.83. The van der Waals surface area contributed by atoms with E-state index in [1.807, 2.05) is 26.4 Å². The summed E-state index contributed by atoms with van der Waals surface area (Å²) in [6, 6.07) is 0. The maximum absolute atomic E-state index is 6.10. The number of imidazole rings is 1. The summed E-state index contributed by atoms with van der Waals surface area (Å²) in [5.74, 6) is 0.722. The van der Waals surface area contributed by atoms with Gasteiger partial charge in [-0.1, -0.05) is 26.7 Å². The minimum absolute atomic E-state index is 0.303. The van der Waals surface area contributed by atoms with E-state index in [2.05, 4.69) is 23.4 Å². The summed E-state index contributed by atoms with van der Waals surface area (Å²) >= 11 is 0. The molecule has 0 atom stereocenters. The van der Waals surface area contributed by atoms with Gasteiger partial charge in [-0.2, -0.15) is 0 Å². The Balaban J connectivity index is 2.82. The molecule has 0 bridgehead atoms. The molecule has 0 unspecified atom stereocenters. The molecule has 3 heteroatoms. The van der Waals surface area contributed by atoms with Crippen molar-refractivity contribution in [2.24, 2.45) is 11.7 Å². The first-order valence-corrected chi connectivity index (χ1v) is 5.78. The molecule has 1 aromatic heterocycles. The van der Waals surface area contributed by atoms with Gasteiger partial charge in [-0.15, -0.1) is 0 Å². The van der Waals surface area contributed by atoms with Crippen molar-refractivity contribution >= 4 is 0 Å². The van der Waals surface area contributed by atoms with Crippen LogP contribution in [0.3, 0.4) is 0 Å². The van der Waals surface area contributed by atoms with Crippen LogP contribution < -0.4 is 5.73 Å². The van der Waals surface area contributed by atoms with Gasteiger partial charge in [0, 0.05) is 12.7 Å². The van der Waals surface area contributed by atoms with Crippen LogP contribution in [-0.2, 0) is 12.1 Å². The third kappa shape index (κ3) is 3.06. The number of nitrogens with two attached hydrogens (primary N) is 1. The Hall–Kier alpha value is -0.830. The van der Waals surface area contributed by atoms with Crippen molar-refractivity contribution in [2.75, 3.05) is 0 Å². The first kappa shape index (κ1) is 12.2. The van der Waals surface area contributed by atoms with E-state index in [-0.39, 0.29) is 5.54 Å². The van der Waals surface area contributed by atoms with Gasteiger partial charge in [-0.05, 0) is 19.8 Å². The molecule has 0 radical (unpaired) electrons. The lowest BCUT2D eigenvalue weighted by Gasteiger charge is -2.23. The number of hydrogen-bond donors (Lipinski definition) is 1. The second-order valence-corrected chi connectivity index (χ2v) is 4.84. The standard InChI is InChI=1S/C12H23N3/c1-5-10(6-2)8-15-9-14-7-11(15)12(3,4)13/h7,9-10H,5-6,8,13H2,1-4H3. The van der Waals surface area contributed by atoms with Gasteiger partial charge < -0.3 is 10.3 Å². The third-order valence-corrected chi connectivity index (χ3v) is 2.98. The van der Waals surface area contributed by atoms with E-state index in [9.17, 15) is 0 Å². The molecule has 2 N–H and O–H groups in total. The molecule has 0 aromatic carbocycles. The van der Waals surface area contributed by atoms with Crippen molar-refractivity contribution in [1.29, 1.82) is 0 Å². The topological polar surface area (TPSA) is 43.8 Å². The molecule has 0 saturated heterocycles. The van der Waals surface area contributed by atoms with Crippen molar-refractivity contribution in [2.45, 2.75) is 52.6 Å². The Labute approximate surface area is 92.7 Å². The van der Waals surface area contributed by atoms with E-state index in [0.29, 0.717) is 0 Å². The van der Waals surface area contributed by atoms with E-state index in [0.717, 1.165) is 18.2 Å². The van der Waals surface area contributed by atoms with Gasteiger partial charge in [0.15, 0.2) is 0 Å². The zero-order valence-corrected chi connectivity index (χ0v) is 10.3. The molecule has 0 aliphatic carbocycles. The summed E-state index contributed by atoms with van der Waals surface area (Å²) in [6.45, 7) is 9.54. The fourth-order valence-electron chi connectivity index (χ4n) is 1.83. The molecule has 3 nitrogen and oxygen atoms in total. The number of aromatic nitrogens is 2.